The third-order valence-corrected chi connectivity index (χ3v) is 5.04. The molecule has 1 saturated carbocycles. The van der Waals surface area contributed by atoms with E-state index in [-0.39, 0.29) is 17.7 Å². The number of benzene rings is 1. The number of nitrogens with zero attached hydrogens (tertiary/aromatic N) is 2. The van der Waals surface area contributed by atoms with Gasteiger partial charge in [0.05, 0.1) is 5.92 Å². The van der Waals surface area contributed by atoms with Gasteiger partial charge in [-0.3, -0.25) is 9.59 Å². The van der Waals surface area contributed by atoms with Crippen LogP contribution >= 0.6 is 0 Å². The van der Waals surface area contributed by atoms with E-state index in [1.807, 2.05) is 9.80 Å². The molecule has 1 aliphatic carbocycles. The molecule has 1 aliphatic heterocycles. The van der Waals surface area contributed by atoms with Crippen molar-refractivity contribution in [1.29, 1.82) is 0 Å². The van der Waals surface area contributed by atoms with Crippen LogP contribution in [0, 0.1) is 18.8 Å². The Morgan fingerprint density at radius 3 is 2.58 bits per heavy atom. The molecule has 24 heavy (non-hydrogen) atoms. The van der Waals surface area contributed by atoms with E-state index in [1.165, 1.54) is 18.4 Å². The zero-order valence-corrected chi connectivity index (χ0v) is 14.8. The van der Waals surface area contributed by atoms with E-state index in [1.54, 1.807) is 0 Å². The minimum absolute atomic E-state index is 0.108. The summed E-state index contributed by atoms with van der Waals surface area (Å²) in [6.07, 6.45) is 3.84. The number of rotatable bonds is 7. The van der Waals surface area contributed by atoms with Gasteiger partial charge in [0, 0.05) is 32.6 Å². The molecule has 1 unspecified atom stereocenters. The monoisotopic (exact) mass is 328 g/mol. The van der Waals surface area contributed by atoms with E-state index in [9.17, 15) is 9.59 Å². The summed E-state index contributed by atoms with van der Waals surface area (Å²) in [5, 5.41) is 0. The molecule has 1 aromatic carbocycles. The Labute approximate surface area is 144 Å². The third kappa shape index (κ3) is 4.16. The molecule has 4 heteroatoms. The number of hydrogen-bond acceptors (Lipinski definition) is 2. The molecule has 0 aromatic heterocycles. The second-order valence-electron chi connectivity index (χ2n) is 7.39. The first-order valence-corrected chi connectivity index (χ1v) is 9.19. The third-order valence-electron chi connectivity index (χ3n) is 5.04. The van der Waals surface area contributed by atoms with Gasteiger partial charge in [-0.2, -0.15) is 0 Å². The minimum atomic E-state index is -0.159. The second kappa shape index (κ2) is 7.37. The maximum Gasteiger partial charge on any atom is 0.228 e. The number of hydrogen-bond donors (Lipinski definition) is 0. The highest BCUT2D eigenvalue weighted by molar-refractivity contribution is 5.89. The number of amides is 2. The molecular formula is C20H28N2O2. The van der Waals surface area contributed by atoms with Crippen molar-refractivity contribution in [2.24, 2.45) is 11.8 Å². The summed E-state index contributed by atoms with van der Waals surface area (Å²) in [6, 6.07) is 8.26. The van der Waals surface area contributed by atoms with Crippen molar-refractivity contribution in [2.75, 3.05) is 19.6 Å². The van der Waals surface area contributed by atoms with E-state index >= 15 is 0 Å². The molecule has 2 amide bonds. The van der Waals surface area contributed by atoms with Crippen molar-refractivity contribution in [3.8, 4) is 0 Å². The molecule has 2 fully saturated rings. The molecule has 3 rings (SSSR count). The lowest BCUT2D eigenvalue weighted by Gasteiger charge is -2.25. The Balaban J connectivity index is 1.60. The summed E-state index contributed by atoms with van der Waals surface area (Å²) in [4.78, 5) is 29.0. The average molecular weight is 328 g/mol. The van der Waals surface area contributed by atoms with Gasteiger partial charge < -0.3 is 9.80 Å². The summed E-state index contributed by atoms with van der Waals surface area (Å²) < 4.78 is 0. The topological polar surface area (TPSA) is 40.6 Å². The van der Waals surface area contributed by atoms with Crippen molar-refractivity contribution < 1.29 is 9.59 Å². The molecule has 1 saturated heterocycles. The molecule has 4 nitrogen and oxygen atoms in total. The Morgan fingerprint density at radius 2 is 1.96 bits per heavy atom. The van der Waals surface area contributed by atoms with Gasteiger partial charge >= 0.3 is 0 Å². The van der Waals surface area contributed by atoms with Gasteiger partial charge in [0.15, 0.2) is 0 Å². The predicted octanol–water partition coefficient (Wildman–Crippen LogP) is 2.99. The summed E-state index contributed by atoms with van der Waals surface area (Å²) in [7, 11) is 0. The fourth-order valence-electron chi connectivity index (χ4n) is 3.44. The van der Waals surface area contributed by atoms with Crippen LogP contribution in [0.2, 0.25) is 0 Å². The lowest BCUT2D eigenvalue weighted by atomic mass is 10.1. The second-order valence-corrected chi connectivity index (χ2v) is 7.39. The summed E-state index contributed by atoms with van der Waals surface area (Å²) in [5.41, 5.74) is 2.35. The highest BCUT2D eigenvalue weighted by atomic mass is 16.2. The molecule has 0 N–H and O–H groups in total. The zero-order chi connectivity index (χ0) is 17.1. The Hall–Kier alpha value is -1.84. The minimum Gasteiger partial charge on any atom is -0.342 e. The lowest BCUT2D eigenvalue weighted by molar-refractivity contribution is -0.136. The van der Waals surface area contributed by atoms with Gasteiger partial charge in [0.25, 0.3) is 0 Å². The van der Waals surface area contributed by atoms with Crippen LogP contribution in [0.3, 0.4) is 0 Å². The predicted molar refractivity (Wildman–Crippen MR) is 94.3 cm³/mol. The first-order chi connectivity index (χ1) is 11.6. The van der Waals surface area contributed by atoms with Crippen molar-refractivity contribution in [3.63, 3.8) is 0 Å². The van der Waals surface area contributed by atoms with E-state index < -0.39 is 0 Å². The van der Waals surface area contributed by atoms with E-state index in [4.69, 9.17) is 0 Å². The van der Waals surface area contributed by atoms with Gasteiger partial charge in [-0.25, -0.2) is 0 Å². The van der Waals surface area contributed by atoms with Crippen LogP contribution in [0.1, 0.15) is 43.7 Å². The quantitative estimate of drug-likeness (QED) is 0.772. The van der Waals surface area contributed by atoms with Crippen LogP contribution in [0.5, 0.6) is 0 Å². The summed E-state index contributed by atoms with van der Waals surface area (Å²) in [6.45, 7) is 7.04. The number of carbonyl (C=O) groups excluding carboxylic acids is 2. The SMILES string of the molecule is CCCN(CC1CC1)C(=O)C1CC(=O)N(Cc2ccc(C)cc2)C1. The fraction of sp³-hybridized carbons (Fsp3) is 0.600. The largest absolute Gasteiger partial charge is 0.342 e. The van der Waals surface area contributed by atoms with Crippen LogP contribution in [0.4, 0.5) is 0 Å². The maximum atomic E-state index is 12.8. The first kappa shape index (κ1) is 17.0. The molecule has 130 valence electrons. The van der Waals surface area contributed by atoms with Crippen molar-refractivity contribution >= 4 is 11.8 Å². The van der Waals surface area contributed by atoms with Crippen molar-refractivity contribution in [1.82, 2.24) is 9.80 Å². The molecule has 0 bridgehead atoms. The van der Waals surface area contributed by atoms with Crippen LogP contribution in [0.25, 0.3) is 0 Å². The zero-order valence-electron chi connectivity index (χ0n) is 14.8. The summed E-state index contributed by atoms with van der Waals surface area (Å²) in [5.74, 6) is 0.829. The Kier molecular flexibility index (Phi) is 5.22. The molecule has 0 radical (unpaired) electrons. The van der Waals surface area contributed by atoms with Crippen molar-refractivity contribution in [3.05, 3.63) is 35.4 Å². The first-order valence-electron chi connectivity index (χ1n) is 9.19. The van der Waals surface area contributed by atoms with Gasteiger partial charge in [0.1, 0.15) is 0 Å². The van der Waals surface area contributed by atoms with Gasteiger partial charge in [-0.05, 0) is 37.7 Å². The van der Waals surface area contributed by atoms with E-state index in [0.717, 1.165) is 25.1 Å². The number of aryl methyl sites for hydroxylation is 1. The standard InChI is InChI=1S/C20H28N2O2/c1-3-10-21(12-17-8-9-17)20(24)18-11-19(23)22(14-18)13-16-6-4-15(2)5-7-16/h4-7,17-18H,3,8-14H2,1-2H3. The molecule has 1 atom stereocenters. The van der Waals surface area contributed by atoms with E-state index in [2.05, 4.69) is 38.1 Å². The fourth-order valence-corrected chi connectivity index (χ4v) is 3.44. The van der Waals surface area contributed by atoms with Crippen LogP contribution in [-0.2, 0) is 16.1 Å². The number of likely N-dealkylation sites (tertiary alicyclic amines) is 1. The molecule has 2 aliphatic rings. The molecular weight excluding hydrogens is 300 g/mol. The van der Waals surface area contributed by atoms with Crippen molar-refractivity contribution in [2.45, 2.75) is 46.1 Å². The Bertz CT molecular complexity index is 592. The van der Waals surface area contributed by atoms with Gasteiger partial charge in [-0.1, -0.05) is 36.8 Å². The summed E-state index contributed by atoms with van der Waals surface area (Å²) >= 11 is 0. The highest BCUT2D eigenvalue weighted by Crippen LogP contribution is 2.31. The smallest absolute Gasteiger partial charge is 0.228 e. The van der Waals surface area contributed by atoms with Crippen LogP contribution < -0.4 is 0 Å². The molecule has 1 aromatic rings. The van der Waals surface area contributed by atoms with Crippen LogP contribution in [-0.4, -0.2) is 41.2 Å². The lowest BCUT2D eigenvalue weighted by Crippen LogP contribution is -2.39. The molecule has 0 spiro atoms. The van der Waals surface area contributed by atoms with Gasteiger partial charge in [-0.15, -0.1) is 0 Å². The molecule has 1 heterocycles. The maximum absolute atomic E-state index is 12.8. The normalized spacial score (nSPS) is 20.5. The Morgan fingerprint density at radius 1 is 1.25 bits per heavy atom. The van der Waals surface area contributed by atoms with E-state index in [0.29, 0.717) is 25.4 Å². The highest BCUT2D eigenvalue weighted by Gasteiger charge is 2.37. The average Bonchev–Trinajstić information content (AvgIpc) is 3.31. The van der Waals surface area contributed by atoms with Crippen LogP contribution in [0.15, 0.2) is 24.3 Å². The number of carbonyl (C=O) groups is 2. The van der Waals surface area contributed by atoms with Gasteiger partial charge in [0.2, 0.25) is 11.8 Å².